The number of anilines is 1. The van der Waals surface area contributed by atoms with Gasteiger partial charge in [0.05, 0.1) is 25.3 Å². The maximum atomic E-state index is 13.4. The third-order valence-corrected chi connectivity index (χ3v) is 12.9. The van der Waals surface area contributed by atoms with Crippen molar-refractivity contribution in [3.63, 3.8) is 0 Å². The van der Waals surface area contributed by atoms with Gasteiger partial charge in [-0.1, -0.05) is 18.3 Å². The monoisotopic (exact) mass is 680 g/mol. The number of allylic oxidation sites excluding steroid dienone is 5. The number of benzene rings is 2. The highest BCUT2D eigenvalue weighted by molar-refractivity contribution is 7.02. The van der Waals surface area contributed by atoms with Gasteiger partial charge in [0.25, 0.3) is 11.8 Å². The Hall–Kier alpha value is -4.91. The first kappa shape index (κ1) is 34.4. The summed E-state index contributed by atoms with van der Waals surface area (Å²) in [6.07, 6.45) is 0.773. The molecule has 9 nitrogen and oxygen atoms in total. The van der Waals surface area contributed by atoms with Gasteiger partial charge < -0.3 is 19.2 Å². The Bertz CT molecular complexity index is 1820. The van der Waals surface area contributed by atoms with Crippen molar-refractivity contribution in [3.05, 3.63) is 88.3 Å². The summed E-state index contributed by atoms with van der Waals surface area (Å²) in [4.78, 5) is 44.6. The number of methoxy groups -OCH3 is 2. The predicted octanol–water partition coefficient (Wildman–Crippen LogP) is 4.89. The molecule has 3 aliphatic rings. The van der Waals surface area contributed by atoms with Crippen LogP contribution < -0.4 is 19.6 Å². The molecule has 1 aliphatic carbocycles. The van der Waals surface area contributed by atoms with E-state index in [9.17, 15) is 27.6 Å². The number of carbonyl (C=O) groups is 3. The Morgan fingerprint density at radius 1 is 1.08 bits per heavy atom. The smallest absolute Gasteiger partial charge is 0.448 e. The van der Waals surface area contributed by atoms with E-state index >= 15 is 0 Å². The number of hydrogen-bond donors (Lipinski definition) is 0. The first-order valence-electron chi connectivity index (χ1n) is 15.3. The number of nitrogens with zero attached hydrogens (tertiary/aromatic N) is 3. The highest BCUT2D eigenvalue weighted by atomic mass is 28.3. The summed E-state index contributed by atoms with van der Waals surface area (Å²) >= 11 is 0. The molecular weight excluding hydrogens is 643 g/mol. The van der Waals surface area contributed by atoms with E-state index < -0.39 is 38.6 Å². The highest BCUT2D eigenvalue weighted by Crippen LogP contribution is 2.48. The van der Waals surface area contributed by atoms with Gasteiger partial charge in [0.15, 0.2) is 5.71 Å². The minimum absolute atomic E-state index is 0.0221. The fourth-order valence-corrected chi connectivity index (χ4v) is 9.39. The van der Waals surface area contributed by atoms with Gasteiger partial charge in [-0.25, -0.2) is 9.37 Å². The minimum Gasteiger partial charge on any atom is -0.496 e. The molecule has 0 aromatic heterocycles. The van der Waals surface area contributed by atoms with E-state index in [1.165, 1.54) is 38.0 Å². The molecule has 48 heavy (non-hydrogen) atoms. The van der Waals surface area contributed by atoms with Crippen LogP contribution >= 0.6 is 0 Å². The maximum Gasteiger partial charge on any atom is 0.448 e. The number of rotatable bonds is 9. The lowest BCUT2D eigenvalue weighted by Gasteiger charge is -2.39. The van der Waals surface area contributed by atoms with Crippen molar-refractivity contribution in [3.8, 4) is 11.5 Å². The van der Waals surface area contributed by atoms with Crippen LogP contribution in [-0.4, -0.2) is 88.8 Å². The molecule has 2 aliphatic heterocycles. The number of hydrogen-bond acceptors (Lipinski definition) is 7. The molecule has 2 aromatic carbocycles. The van der Waals surface area contributed by atoms with Crippen LogP contribution in [0.5, 0.6) is 11.5 Å². The molecule has 5 rings (SSSR count). The summed E-state index contributed by atoms with van der Waals surface area (Å²) < 4.78 is 53.2. The van der Waals surface area contributed by atoms with Gasteiger partial charge in [-0.15, -0.1) is 11.6 Å². The van der Waals surface area contributed by atoms with E-state index in [0.29, 0.717) is 21.9 Å². The van der Waals surface area contributed by atoms with Crippen LogP contribution in [0.4, 0.5) is 18.9 Å². The van der Waals surface area contributed by atoms with Crippen LogP contribution in [0.1, 0.15) is 41.3 Å². The zero-order chi connectivity index (χ0) is 35.1. The lowest BCUT2D eigenvalue weighted by Crippen LogP contribution is -2.51. The second kappa shape index (κ2) is 12.9. The van der Waals surface area contributed by atoms with E-state index in [1.807, 2.05) is 44.0 Å². The Balaban J connectivity index is 1.78. The fraction of sp³-hybridized carbons (Fsp3) is 0.314. The lowest BCUT2D eigenvalue weighted by molar-refractivity contribution is -0.530. The van der Waals surface area contributed by atoms with Crippen molar-refractivity contribution in [2.45, 2.75) is 32.5 Å². The van der Waals surface area contributed by atoms with Crippen molar-refractivity contribution in [2.75, 3.05) is 46.3 Å². The molecule has 1 saturated heterocycles. The van der Waals surface area contributed by atoms with E-state index in [-0.39, 0.29) is 29.9 Å². The van der Waals surface area contributed by atoms with Gasteiger partial charge in [-0.2, -0.15) is 13.2 Å². The Morgan fingerprint density at radius 2 is 1.71 bits per heavy atom. The Kier molecular flexibility index (Phi) is 9.28. The summed E-state index contributed by atoms with van der Waals surface area (Å²) in [6.45, 7) is 8.01. The topological polar surface area (TPSA) is 88.4 Å². The predicted molar refractivity (Wildman–Crippen MR) is 178 cm³/mol. The van der Waals surface area contributed by atoms with Crippen LogP contribution in [0, 0.1) is 0 Å². The van der Waals surface area contributed by atoms with Crippen molar-refractivity contribution in [1.29, 1.82) is 0 Å². The van der Waals surface area contributed by atoms with Crippen molar-refractivity contribution >= 4 is 48.0 Å². The van der Waals surface area contributed by atoms with Gasteiger partial charge in [-0.05, 0) is 58.8 Å². The van der Waals surface area contributed by atoms with Crippen LogP contribution in [0.3, 0.4) is 0 Å². The average molecular weight is 681 g/mol. The number of alkyl halides is 3. The van der Waals surface area contributed by atoms with Gasteiger partial charge in [-0.3, -0.25) is 9.59 Å². The van der Waals surface area contributed by atoms with E-state index in [1.54, 1.807) is 6.08 Å². The van der Waals surface area contributed by atoms with E-state index in [4.69, 9.17) is 14.3 Å². The Morgan fingerprint density at radius 3 is 2.25 bits per heavy atom. The highest BCUT2D eigenvalue weighted by Gasteiger charge is 2.44. The number of halogens is 3. The lowest BCUT2D eigenvalue weighted by atomic mass is 9.88. The molecule has 2 amide bonds. The summed E-state index contributed by atoms with van der Waals surface area (Å²) in [7, 11) is 3.47. The van der Waals surface area contributed by atoms with Crippen molar-refractivity contribution in [1.82, 2.24) is 5.06 Å². The summed E-state index contributed by atoms with van der Waals surface area (Å²) in [5, 5.41) is 2.31. The average Bonchev–Trinajstić information content (AvgIpc) is 3.38. The van der Waals surface area contributed by atoms with Gasteiger partial charge in [0, 0.05) is 49.8 Å². The third-order valence-electron chi connectivity index (χ3n) is 9.02. The molecule has 0 bridgehead atoms. The standard InChI is InChI=1S/C35H37F3N3O6Si/c1-8-39(3)22-10-12-24-28(18-22)48(7,9-2)29-19-23(40(4)20-35(36,37)38)11-13-25(29)32(24)33-26(45-5)16-21(17-27(33)46-6)34(44)47-41-30(42)14-15-31(41)43/h9-13,16-19H,2,8,14-15,20H2,1,3-7H3/q+1. The molecular formula is C35H37F3N3O6Si+. The largest absolute Gasteiger partial charge is 0.496 e. The zero-order valence-electron chi connectivity index (χ0n) is 27.7. The zero-order valence-corrected chi connectivity index (χ0v) is 28.7. The summed E-state index contributed by atoms with van der Waals surface area (Å²) in [5.41, 5.74) is 6.10. The maximum absolute atomic E-state index is 13.4. The molecule has 252 valence electrons. The summed E-state index contributed by atoms with van der Waals surface area (Å²) in [6, 6.07) is 9.02. The molecule has 0 radical (unpaired) electrons. The normalized spacial score (nSPS) is 19.9. The number of ether oxygens (including phenoxy) is 2. The molecule has 0 spiro atoms. The van der Waals surface area contributed by atoms with E-state index in [2.05, 4.69) is 24.1 Å². The second-order valence-electron chi connectivity index (χ2n) is 11.9. The Labute approximate surface area is 277 Å². The minimum atomic E-state index is -4.40. The number of amides is 2. The van der Waals surface area contributed by atoms with Crippen LogP contribution in [-0.2, 0) is 14.4 Å². The van der Waals surface area contributed by atoms with Crippen molar-refractivity contribution < 1.29 is 46.4 Å². The summed E-state index contributed by atoms with van der Waals surface area (Å²) in [5.74, 6) is -1.70. The number of hydroxylamine groups is 2. The first-order chi connectivity index (χ1) is 22.7. The number of imide groups is 1. The van der Waals surface area contributed by atoms with Crippen molar-refractivity contribution in [2.24, 2.45) is 0 Å². The number of fused-ring (bicyclic) bond motifs is 2. The SMILES string of the molecule is C=C[Si]1(C)C2=CC(=[N+](C)CC(F)(F)F)C=CC2=C(c2c(OC)cc(C(=O)ON3C(=O)CCC3=O)cc2OC)c2ccc(N(C)CC)cc21. The quantitative estimate of drug-likeness (QED) is 0.212. The van der Waals surface area contributed by atoms with E-state index in [0.717, 1.165) is 33.8 Å². The van der Waals surface area contributed by atoms with Gasteiger partial charge >= 0.3 is 12.1 Å². The van der Waals surface area contributed by atoms with Crippen LogP contribution in [0.25, 0.3) is 5.57 Å². The van der Waals surface area contributed by atoms with Crippen LogP contribution in [0.2, 0.25) is 6.55 Å². The fourth-order valence-electron chi connectivity index (χ4n) is 6.23. The van der Waals surface area contributed by atoms with Crippen LogP contribution in [0.15, 0.2) is 71.6 Å². The molecule has 0 saturated carbocycles. The molecule has 1 atom stereocenters. The second-order valence-corrected chi connectivity index (χ2v) is 15.8. The molecule has 0 N–H and O–H groups in total. The molecule has 13 heteroatoms. The molecule has 1 unspecified atom stereocenters. The molecule has 2 heterocycles. The number of carbonyl (C=O) groups excluding carboxylic acids is 3. The first-order valence-corrected chi connectivity index (χ1v) is 17.9. The molecule has 1 fully saturated rings. The molecule has 2 aromatic rings. The van der Waals surface area contributed by atoms with Gasteiger partial charge in [0.2, 0.25) is 6.54 Å². The third kappa shape index (κ3) is 6.09. The van der Waals surface area contributed by atoms with Gasteiger partial charge in [0.1, 0.15) is 26.6 Å².